The van der Waals surface area contributed by atoms with Crippen LogP contribution in [0.15, 0.2) is 24.3 Å². The van der Waals surface area contributed by atoms with Gasteiger partial charge in [-0.25, -0.2) is 4.79 Å². The summed E-state index contributed by atoms with van der Waals surface area (Å²) in [5, 5.41) is 8.93. The Morgan fingerprint density at radius 2 is 2.11 bits per heavy atom. The highest BCUT2D eigenvalue weighted by atomic mass is 16.5. The largest absolute Gasteiger partial charge is 0.478 e. The summed E-state index contributed by atoms with van der Waals surface area (Å²) < 4.78 is 5.16. The lowest BCUT2D eigenvalue weighted by molar-refractivity contribution is 0.0696. The van der Waals surface area contributed by atoms with Crippen LogP contribution in [0.25, 0.3) is 0 Å². The number of hydrogen-bond donors (Lipinski definition) is 1. The van der Waals surface area contributed by atoms with E-state index in [1.165, 1.54) is 18.4 Å². The van der Waals surface area contributed by atoms with Crippen molar-refractivity contribution in [2.45, 2.75) is 25.3 Å². The zero-order valence-electron chi connectivity index (χ0n) is 11.3. The number of piperidine rings is 1. The SMILES string of the molecule is COCCN1CCCCC1c1ccc(C(=O)O)cc1. The van der Waals surface area contributed by atoms with Gasteiger partial charge < -0.3 is 9.84 Å². The summed E-state index contributed by atoms with van der Waals surface area (Å²) in [7, 11) is 1.72. The number of ether oxygens (including phenoxy) is 1. The van der Waals surface area contributed by atoms with E-state index in [1.807, 2.05) is 12.1 Å². The number of methoxy groups -OCH3 is 1. The highest BCUT2D eigenvalue weighted by Gasteiger charge is 2.23. The molecule has 1 aliphatic heterocycles. The topological polar surface area (TPSA) is 49.8 Å². The summed E-state index contributed by atoms with van der Waals surface area (Å²) in [6.45, 7) is 2.76. The average molecular weight is 263 g/mol. The average Bonchev–Trinajstić information content (AvgIpc) is 2.45. The van der Waals surface area contributed by atoms with Crippen molar-refractivity contribution in [2.24, 2.45) is 0 Å². The molecule has 1 aliphatic rings. The molecule has 0 radical (unpaired) electrons. The highest BCUT2D eigenvalue weighted by Crippen LogP contribution is 2.30. The van der Waals surface area contributed by atoms with Crippen molar-refractivity contribution in [1.82, 2.24) is 4.90 Å². The Kier molecular flexibility index (Phi) is 4.93. The molecular weight excluding hydrogens is 242 g/mol. The van der Waals surface area contributed by atoms with Crippen molar-refractivity contribution in [3.05, 3.63) is 35.4 Å². The van der Waals surface area contributed by atoms with Crippen LogP contribution in [0.5, 0.6) is 0 Å². The van der Waals surface area contributed by atoms with Gasteiger partial charge >= 0.3 is 5.97 Å². The van der Waals surface area contributed by atoms with Gasteiger partial charge in [-0.1, -0.05) is 18.6 Å². The molecule has 0 amide bonds. The summed E-state index contributed by atoms with van der Waals surface area (Å²) in [4.78, 5) is 13.3. The number of aromatic carboxylic acids is 1. The second-order valence-corrected chi connectivity index (χ2v) is 4.97. The van der Waals surface area contributed by atoms with Gasteiger partial charge in [-0.3, -0.25) is 4.90 Å². The quantitative estimate of drug-likeness (QED) is 0.887. The van der Waals surface area contributed by atoms with Crippen molar-refractivity contribution in [1.29, 1.82) is 0 Å². The first-order chi connectivity index (χ1) is 9.22. The van der Waals surface area contributed by atoms with Gasteiger partial charge in [-0.05, 0) is 37.1 Å². The van der Waals surface area contributed by atoms with Crippen LogP contribution in [0.1, 0.15) is 41.2 Å². The first-order valence-electron chi connectivity index (χ1n) is 6.78. The highest BCUT2D eigenvalue weighted by molar-refractivity contribution is 5.87. The lowest BCUT2D eigenvalue weighted by atomic mass is 9.94. The van der Waals surface area contributed by atoms with Crippen LogP contribution >= 0.6 is 0 Å². The molecule has 0 bridgehead atoms. The normalized spacial score (nSPS) is 20.4. The Hall–Kier alpha value is -1.39. The molecule has 4 nitrogen and oxygen atoms in total. The number of hydrogen-bond acceptors (Lipinski definition) is 3. The molecule has 1 heterocycles. The van der Waals surface area contributed by atoms with Crippen molar-refractivity contribution in [3.8, 4) is 0 Å². The molecule has 1 N–H and O–H groups in total. The second kappa shape index (κ2) is 6.68. The minimum absolute atomic E-state index is 0.350. The Labute approximate surface area is 114 Å². The minimum Gasteiger partial charge on any atom is -0.478 e. The van der Waals surface area contributed by atoms with Gasteiger partial charge in [0.2, 0.25) is 0 Å². The van der Waals surface area contributed by atoms with Crippen LogP contribution in [0.4, 0.5) is 0 Å². The zero-order valence-corrected chi connectivity index (χ0v) is 11.3. The van der Waals surface area contributed by atoms with E-state index in [1.54, 1.807) is 19.2 Å². The number of likely N-dealkylation sites (tertiary alicyclic amines) is 1. The Bertz CT molecular complexity index is 416. The third-order valence-corrected chi connectivity index (χ3v) is 3.74. The van der Waals surface area contributed by atoms with Crippen LogP contribution in [0.3, 0.4) is 0 Å². The van der Waals surface area contributed by atoms with Crippen LogP contribution in [-0.4, -0.2) is 42.8 Å². The summed E-state index contributed by atoms with van der Waals surface area (Å²) in [5.41, 5.74) is 1.56. The van der Waals surface area contributed by atoms with Gasteiger partial charge in [0, 0.05) is 19.7 Å². The molecule has 104 valence electrons. The molecule has 1 unspecified atom stereocenters. The summed E-state index contributed by atoms with van der Waals surface area (Å²) >= 11 is 0. The summed E-state index contributed by atoms with van der Waals surface area (Å²) in [6.07, 6.45) is 3.60. The number of carboxylic acids is 1. The lowest BCUT2D eigenvalue weighted by Crippen LogP contribution is -2.35. The second-order valence-electron chi connectivity index (χ2n) is 4.97. The number of carboxylic acid groups (broad SMARTS) is 1. The van der Waals surface area contributed by atoms with Crippen molar-refractivity contribution in [3.63, 3.8) is 0 Å². The third-order valence-electron chi connectivity index (χ3n) is 3.74. The van der Waals surface area contributed by atoms with E-state index < -0.39 is 5.97 Å². The van der Waals surface area contributed by atoms with E-state index in [2.05, 4.69) is 4.90 Å². The molecule has 2 rings (SSSR count). The Morgan fingerprint density at radius 1 is 1.37 bits per heavy atom. The summed E-state index contributed by atoms with van der Waals surface area (Å²) in [5.74, 6) is -0.869. The third kappa shape index (κ3) is 3.55. The van der Waals surface area contributed by atoms with Gasteiger partial charge in [0.25, 0.3) is 0 Å². The van der Waals surface area contributed by atoms with E-state index in [-0.39, 0.29) is 0 Å². The lowest BCUT2D eigenvalue weighted by Gasteiger charge is -2.35. The molecule has 1 saturated heterocycles. The molecule has 1 aromatic rings. The van der Waals surface area contributed by atoms with Gasteiger partial charge in [0.1, 0.15) is 0 Å². The van der Waals surface area contributed by atoms with Gasteiger partial charge in [-0.15, -0.1) is 0 Å². The molecule has 4 heteroatoms. The number of nitrogens with zero attached hydrogens (tertiary/aromatic N) is 1. The molecule has 19 heavy (non-hydrogen) atoms. The predicted molar refractivity (Wildman–Crippen MR) is 73.4 cm³/mol. The van der Waals surface area contributed by atoms with Crippen LogP contribution in [-0.2, 0) is 4.74 Å². The molecule has 0 aromatic heterocycles. The number of carbonyl (C=O) groups is 1. The van der Waals surface area contributed by atoms with Crippen LogP contribution in [0, 0.1) is 0 Å². The van der Waals surface area contributed by atoms with Crippen LogP contribution in [0.2, 0.25) is 0 Å². The van der Waals surface area contributed by atoms with Crippen molar-refractivity contribution in [2.75, 3.05) is 26.8 Å². The Morgan fingerprint density at radius 3 is 2.74 bits per heavy atom. The standard InChI is InChI=1S/C15H21NO3/c1-19-11-10-16-9-3-2-4-14(16)12-5-7-13(8-6-12)15(17)18/h5-8,14H,2-4,9-11H2,1H3,(H,17,18). The van der Waals surface area contributed by atoms with Crippen molar-refractivity contribution < 1.29 is 14.6 Å². The molecule has 1 aromatic carbocycles. The first kappa shape index (κ1) is 14.0. The fourth-order valence-corrected chi connectivity index (χ4v) is 2.69. The van der Waals surface area contributed by atoms with E-state index >= 15 is 0 Å². The number of rotatable bonds is 5. The summed E-state index contributed by atoms with van der Waals surface area (Å²) in [6, 6.07) is 7.67. The number of benzene rings is 1. The van der Waals surface area contributed by atoms with E-state index in [0.29, 0.717) is 11.6 Å². The molecule has 0 aliphatic carbocycles. The monoisotopic (exact) mass is 263 g/mol. The molecule has 1 atom stereocenters. The smallest absolute Gasteiger partial charge is 0.335 e. The first-order valence-corrected chi connectivity index (χ1v) is 6.78. The van der Waals surface area contributed by atoms with E-state index in [4.69, 9.17) is 9.84 Å². The molecule has 1 fully saturated rings. The minimum atomic E-state index is -0.869. The van der Waals surface area contributed by atoms with Crippen LogP contribution < -0.4 is 0 Å². The molecule has 0 saturated carbocycles. The maximum absolute atomic E-state index is 10.9. The zero-order chi connectivity index (χ0) is 13.7. The fraction of sp³-hybridized carbons (Fsp3) is 0.533. The van der Waals surface area contributed by atoms with Gasteiger partial charge in [0.15, 0.2) is 0 Å². The van der Waals surface area contributed by atoms with Gasteiger partial charge in [-0.2, -0.15) is 0 Å². The van der Waals surface area contributed by atoms with Crippen molar-refractivity contribution >= 4 is 5.97 Å². The van der Waals surface area contributed by atoms with E-state index in [0.717, 1.165) is 26.1 Å². The fourth-order valence-electron chi connectivity index (χ4n) is 2.69. The molecular formula is C15H21NO3. The Balaban J connectivity index is 2.10. The predicted octanol–water partition coefficient (Wildman–Crippen LogP) is 2.56. The van der Waals surface area contributed by atoms with E-state index in [9.17, 15) is 4.79 Å². The maximum atomic E-state index is 10.9. The molecule has 0 spiro atoms. The maximum Gasteiger partial charge on any atom is 0.335 e. The van der Waals surface area contributed by atoms with Gasteiger partial charge in [0.05, 0.1) is 12.2 Å².